The summed E-state index contributed by atoms with van der Waals surface area (Å²) in [5.41, 5.74) is 1.86. The minimum Gasteiger partial charge on any atom is -0.326 e. The van der Waals surface area contributed by atoms with Gasteiger partial charge in [-0.3, -0.25) is 9.59 Å². The maximum absolute atomic E-state index is 12.0. The van der Waals surface area contributed by atoms with E-state index in [4.69, 9.17) is 0 Å². The van der Waals surface area contributed by atoms with Gasteiger partial charge in [0.2, 0.25) is 5.91 Å². The van der Waals surface area contributed by atoms with Crippen LogP contribution in [0, 0.1) is 6.92 Å². The third-order valence-electron chi connectivity index (χ3n) is 1.95. The number of aryl methyl sites for hydroxylation is 1. The zero-order valence-corrected chi connectivity index (χ0v) is 9.13. The summed E-state index contributed by atoms with van der Waals surface area (Å²) in [6.45, 7) is 2.11. The quantitative estimate of drug-likeness (QED) is 0.823. The third-order valence-corrected chi connectivity index (χ3v) is 1.95. The summed E-state index contributed by atoms with van der Waals surface area (Å²) in [6.07, 6.45) is 0. The fraction of sp³-hybridized carbons (Fsp3) is 0.273. The van der Waals surface area contributed by atoms with E-state index < -0.39 is 12.6 Å². The Labute approximate surface area is 92.8 Å². The molecule has 0 fully saturated rings. The molecule has 0 atom stereocenters. The molecule has 0 saturated carbocycles. The van der Waals surface area contributed by atoms with Gasteiger partial charge in [0.25, 0.3) is 5.91 Å². The van der Waals surface area contributed by atoms with Crippen molar-refractivity contribution in [2.75, 3.05) is 17.3 Å². The van der Waals surface area contributed by atoms with Gasteiger partial charge in [-0.2, -0.15) is 0 Å². The van der Waals surface area contributed by atoms with E-state index in [0.29, 0.717) is 11.4 Å². The van der Waals surface area contributed by atoms with E-state index in [0.717, 1.165) is 5.56 Å². The molecule has 16 heavy (non-hydrogen) atoms. The van der Waals surface area contributed by atoms with E-state index in [9.17, 15) is 14.0 Å². The van der Waals surface area contributed by atoms with Gasteiger partial charge in [-0.25, -0.2) is 4.39 Å². The van der Waals surface area contributed by atoms with Crippen LogP contribution < -0.4 is 10.6 Å². The zero-order chi connectivity index (χ0) is 12.1. The first kappa shape index (κ1) is 12.2. The maximum Gasteiger partial charge on any atom is 0.255 e. The van der Waals surface area contributed by atoms with Crippen molar-refractivity contribution in [3.05, 3.63) is 23.8 Å². The van der Waals surface area contributed by atoms with Crippen molar-refractivity contribution in [2.45, 2.75) is 13.8 Å². The molecular formula is C11H13FN2O2. The first-order valence-corrected chi connectivity index (χ1v) is 4.77. The molecule has 0 unspecified atom stereocenters. The minimum absolute atomic E-state index is 0.202. The topological polar surface area (TPSA) is 58.2 Å². The molecule has 0 aromatic heterocycles. The summed E-state index contributed by atoms with van der Waals surface area (Å²) in [7, 11) is 0. The number of carbonyl (C=O) groups is 2. The lowest BCUT2D eigenvalue weighted by Crippen LogP contribution is -2.14. The van der Waals surface area contributed by atoms with Gasteiger partial charge in [-0.1, -0.05) is 6.07 Å². The summed E-state index contributed by atoms with van der Waals surface area (Å²) in [4.78, 5) is 21.7. The number of carbonyl (C=O) groups excluding carboxylic acids is 2. The first-order chi connectivity index (χ1) is 7.52. The van der Waals surface area contributed by atoms with Crippen molar-refractivity contribution in [2.24, 2.45) is 0 Å². The van der Waals surface area contributed by atoms with Crippen LogP contribution in [-0.4, -0.2) is 18.5 Å². The molecule has 0 bridgehead atoms. The van der Waals surface area contributed by atoms with Crippen molar-refractivity contribution >= 4 is 23.2 Å². The fourth-order valence-corrected chi connectivity index (χ4v) is 1.22. The highest BCUT2D eigenvalue weighted by atomic mass is 19.1. The van der Waals surface area contributed by atoms with Crippen molar-refractivity contribution in [1.82, 2.24) is 0 Å². The summed E-state index contributed by atoms with van der Waals surface area (Å²) >= 11 is 0. The molecule has 4 nitrogen and oxygen atoms in total. The molecule has 0 radical (unpaired) electrons. The summed E-state index contributed by atoms with van der Waals surface area (Å²) in [5.74, 6) is -0.908. The molecule has 0 saturated heterocycles. The van der Waals surface area contributed by atoms with E-state index in [-0.39, 0.29) is 5.91 Å². The standard InChI is InChI=1S/C11H13FN2O2/c1-7-3-4-9(13-8(2)15)5-10(7)14-11(16)6-12/h3-5H,6H2,1-2H3,(H,13,15)(H,14,16). The Morgan fingerprint density at radius 2 is 2.00 bits per heavy atom. The second-order valence-electron chi connectivity index (χ2n) is 3.39. The lowest BCUT2D eigenvalue weighted by atomic mass is 10.1. The second-order valence-corrected chi connectivity index (χ2v) is 3.39. The van der Waals surface area contributed by atoms with Crippen molar-refractivity contribution < 1.29 is 14.0 Å². The van der Waals surface area contributed by atoms with Crippen LogP contribution in [0.5, 0.6) is 0 Å². The fourth-order valence-electron chi connectivity index (χ4n) is 1.22. The number of hydrogen-bond acceptors (Lipinski definition) is 2. The Balaban J connectivity index is 2.90. The van der Waals surface area contributed by atoms with Crippen molar-refractivity contribution in [1.29, 1.82) is 0 Å². The van der Waals surface area contributed by atoms with Crippen molar-refractivity contribution in [3.63, 3.8) is 0 Å². The summed E-state index contributed by atoms with van der Waals surface area (Å²) < 4.78 is 12.0. The van der Waals surface area contributed by atoms with Crippen LogP contribution in [0.2, 0.25) is 0 Å². The van der Waals surface area contributed by atoms with Crippen molar-refractivity contribution in [3.8, 4) is 0 Å². The molecular weight excluding hydrogens is 211 g/mol. The Morgan fingerprint density at radius 1 is 1.31 bits per heavy atom. The van der Waals surface area contributed by atoms with Crippen LogP contribution in [-0.2, 0) is 9.59 Å². The summed E-state index contributed by atoms with van der Waals surface area (Å²) in [6, 6.07) is 5.03. The molecule has 0 aliphatic rings. The number of amides is 2. The SMILES string of the molecule is CC(=O)Nc1ccc(C)c(NC(=O)CF)c1. The number of alkyl halides is 1. The molecule has 0 spiro atoms. The Bertz CT molecular complexity index is 418. The highest BCUT2D eigenvalue weighted by Gasteiger charge is 2.05. The molecule has 0 heterocycles. The number of rotatable bonds is 3. The third kappa shape index (κ3) is 3.34. The highest BCUT2D eigenvalue weighted by molar-refractivity contribution is 5.94. The predicted molar refractivity (Wildman–Crippen MR) is 60.1 cm³/mol. The lowest BCUT2D eigenvalue weighted by Gasteiger charge is -2.09. The van der Waals surface area contributed by atoms with E-state index in [2.05, 4.69) is 10.6 Å². The Hall–Kier alpha value is -1.91. The number of halogens is 1. The molecule has 86 valence electrons. The monoisotopic (exact) mass is 224 g/mol. The Morgan fingerprint density at radius 3 is 2.56 bits per heavy atom. The van der Waals surface area contributed by atoms with Crippen LogP contribution in [0.15, 0.2) is 18.2 Å². The average Bonchev–Trinajstić information content (AvgIpc) is 2.22. The maximum atomic E-state index is 12.0. The molecule has 0 aliphatic heterocycles. The van der Waals surface area contributed by atoms with E-state index in [1.165, 1.54) is 6.92 Å². The van der Waals surface area contributed by atoms with Crippen LogP contribution in [0.1, 0.15) is 12.5 Å². The number of anilines is 2. The molecule has 1 aromatic carbocycles. The lowest BCUT2D eigenvalue weighted by molar-refractivity contribution is -0.117. The summed E-state index contributed by atoms with van der Waals surface area (Å²) in [5, 5.41) is 4.99. The van der Waals surface area contributed by atoms with E-state index in [1.54, 1.807) is 25.1 Å². The highest BCUT2D eigenvalue weighted by Crippen LogP contribution is 2.20. The van der Waals surface area contributed by atoms with Gasteiger partial charge >= 0.3 is 0 Å². The smallest absolute Gasteiger partial charge is 0.255 e. The van der Waals surface area contributed by atoms with Crippen LogP contribution in [0.25, 0.3) is 0 Å². The van der Waals surface area contributed by atoms with Gasteiger partial charge in [0.05, 0.1) is 0 Å². The van der Waals surface area contributed by atoms with Gasteiger partial charge < -0.3 is 10.6 Å². The van der Waals surface area contributed by atoms with Gasteiger partial charge in [0, 0.05) is 18.3 Å². The van der Waals surface area contributed by atoms with Crippen LogP contribution in [0.3, 0.4) is 0 Å². The number of nitrogens with one attached hydrogen (secondary N) is 2. The molecule has 1 aromatic rings. The van der Waals surface area contributed by atoms with Crippen LogP contribution >= 0.6 is 0 Å². The normalized spacial score (nSPS) is 9.69. The average molecular weight is 224 g/mol. The molecule has 2 N–H and O–H groups in total. The minimum atomic E-state index is -1.07. The Kier molecular flexibility index (Phi) is 3.99. The van der Waals surface area contributed by atoms with Gasteiger partial charge in [-0.05, 0) is 24.6 Å². The largest absolute Gasteiger partial charge is 0.326 e. The molecule has 2 amide bonds. The van der Waals surface area contributed by atoms with Gasteiger partial charge in [-0.15, -0.1) is 0 Å². The second kappa shape index (κ2) is 5.25. The molecule has 1 rings (SSSR count). The number of benzene rings is 1. The zero-order valence-electron chi connectivity index (χ0n) is 9.13. The molecule has 0 aliphatic carbocycles. The van der Waals surface area contributed by atoms with Crippen LogP contribution in [0.4, 0.5) is 15.8 Å². The van der Waals surface area contributed by atoms with E-state index in [1.807, 2.05) is 0 Å². The first-order valence-electron chi connectivity index (χ1n) is 4.77. The molecule has 5 heteroatoms. The predicted octanol–water partition coefficient (Wildman–Crippen LogP) is 1.86. The number of hydrogen-bond donors (Lipinski definition) is 2. The van der Waals surface area contributed by atoms with E-state index >= 15 is 0 Å². The van der Waals surface area contributed by atoms with Gasteiger partial charge in [0.1, 0.15) is 0 Å². The van der Waals surface area contributed by atoms with Gasteiger partial charge in [0.15, 0.2) is 6.67 Å².